The molecular formula is C17H19NO4S. The van der Waals surface area contributed by atoms with E-state index < -0.39 is 10.0 Å². The van der Waals surface area contributed by atoms with Crippen LogP contribution in [0.1, 0.15) is 11.1 Å². The van der Waals surface area contributed by atoms with E-state index in [1.807, 2.05) is 19.9 Å². The molecule has 0 spiro atoms. The van der Waals surface area contributed by atoms with Crippen LogP contribution in [0.3, 0.4) is 0 Å². The maximum absolute atomic E-state index is 12.5. The maximum Gasteiger partial charge on any atom is 0.261 e. The molecule has 6 heteroatoms. The summed E-state index contributed by atoms with van der Waals surface area (Å²) in [5.41, 5.74) is 2.33. The fourth-order valence-electron chi connectivity index (χ4n) is 2.27. The lowest BCUT2D eigenvalue weighted by molar-refractivity contribution is 0.263. The van der Waals surface area contributed by atoms with Crippen LogP contribution >= 0.6 is 0 Å². The first-order valence-electron chi connectivity index (χ1n) is 7.38. The van der Waals surface area contributed by atoms with E-state index in [9.17, 15) is 8.42 Å². The Hall–Kier alpha value is -2.05. The summed E-state index contributed by atoms with van der Waals surface area (Å²) in [5, 5.41) is 0. The van der Waals surface area contributed by atoms with Crippen molar-refractivity contribution < 1.29 is 17.9 Å². The van der Waals surface area contributed by atoms with Gasteiger partial charge in [0.1, 0.15) is 18.5 Å². The van der Waals surface area contributed by atoms with Crippen molar-refractivity contribution >= 4 is 15.7 Å². The van der Waals surface area contributed by atoms with Crippen molar-refractivity contribution in [1.82, 2.24) is 0 Å². The highest BCUT2D eigenvalue weighted by molar-refractivity contribution is 7.92. The van der Waals surface area contributed by atoms with Crippen molar-refractivity contribution in [2.45, 2.75) is 24.8 Å². The zero-order valence-corrected chi connectivity index (χ0v) is 13.9. The molecule has 1 aliphatic heterocycles. The standard InChI is InChI=1S/C17H19NO4S/c1-12-7-13(2)9-17(8-12)23(19,20)18-14-3-5-15(6-4-14)21-10-16-11-22-16/h3-9,16,18H,10-11H2,1-2H3. The number of hydrogen-bond donors (Lipinski definition) is 1. The topological polar surface area (TPSA) is 67.9 Å². The lowest BCUT2D eigenvalue weighted by Crippen LogP contribution is -2.13. The first-order valence-corrected chi connectivity index (χ1v) is 8.86. The van der Waals surface area contributed by atoms with Gasteiger partial charge in [0.2, 0.25) is 0 Å². The van der Waals surface area contributed by atoms with Crippen LogP contribution in [-0.2, 0) is 14.8 Å². The Morgan fingerprint density at radius 3 is 2.30 bits per heavy atom. The van der Waals surface area contributed by atoms with Gasteiger partial charge in [-0.15, -0.1) is 0 Å². The molecule has 5 nitrogen and oxygen atoms in total. The largest absolute Gasteiger partial charge is 0.491 e. The molecule has 2 aromatic carbocycles. The highest BCUT2D eigenvalue weighted by Crippen LogP contribution is 2.22. The molecule has 1 atom stereocenters. The van der Waals surface area contributed by atoms with E-state index in [-0.39, 0.29) is 11.0 Å². The molecule has 1 unspecified atom stereocenters. The third-order valence-electron chi connectivity index (χ3n) is 3.45. The Balaban J connectivity index is 1.71. The number of sulfonamides is 1. The second-order valence-corrected chi connectivity index (χ2v) is 7.40. The van der Waals surface area contributed by atoms with Gasteiger partial charge in [0, 0.05) is 5.69 Å². The van der Waals surface area contributed by atoms with Crippen LogP contribution in [0.15, 0.2) is 47.4 Å². The first kappa shape index (κ1) is 15.8. The average molecular weight is 333 g/mol. The smallest absolute Gasteiger partial charge is 0.261 e. The molecule has 0 aliphatic carbocycles. The minimum absolute atomic E-state index is 0.192. The van der Waals surface area contributed by atoms with Gasteiger partial charge >= 0.3 is 0 Å². The van der Waals surface area contributed by atoms with Gasteiger partial charge in [-0.2, -0.15) is 0 Å². The molecule has 23 heavy (non-hydrogen) atoms. The average Bonchev–Trinajstić information content (AvgIpc) is 3.29. The van der Waals surface area contributed by atoms with Crippen LogP contribution in [0.4, 0.5) is 5.69 Å². The van der Waals surface area contributed by atoms with Crippen molar-refractivity contribution in [3.8, 4) is 5.75 Å². The van der Waals surface area contributed by atoms with E-state index >= 15 is 0 Å². The zero-order valence-electron chi connectivity index (χ0n) is 13.1. The molecule has 0 bridgehead atoms. The second kappa shape index (κ2) is 6.22. The molecule has 1 aliphatic rings. The fraction of sp³-hybridized carbons (Fsp3) is 0.294. The molecule has 2 aromatic rings. The Labute approximate surface area is 136 Å². The fourth-order valence-corrected chi connectivity index (χ4v) is 3.52. The molecule has 0 saturated carbocycles. The molecule has 0 radical (unpaired) electrons. The van der Waals surface area contributed by atoms with Crippen LogP contribution < -0.4 is 9.46 Å². The number of benzene rings is 2. The Bertz CT molecular complexity index is 776. The summed E-state index contributed by atoms with van der Waals surface area (Å²) in [6.07, 6.45) is 0.192. The van der Waals surface area contributed by atoms with Gasteiger partial charge in [-0.3, -0.25) is 4.72 Å². The van der Waals surface area contributed by atoms with E-state index in [4.69, 9.17) is 9.47 Å². The first-order chi connectivity index (χ1) is 10.9. The molecule has 1 heterocycles. The number of ether oxygens (including phenoxy) is 2. The normalized spacial score (nSPS) is 16.9. The molecule has 122 valence electrons. The molecule has 1 saturated heterocycles. The van der Waals surface area contributed by atoms with Crippen molar-refractivity contribution in [1.29, 1.82) is 0 Å². The van der Waals surface area contributed by atoms with Gasteiger partial charge in [0.15, 0.2) is 0 Å². The lowest BCUT2D eigenvalue weighted by atomic mass is 10.2. The van der Waals surface area contributed by atoms with Crippen LogP contribution in [0.25, 0.3) is 0 Å². The molecule has 0 aromatic heterocycles. The quantitative estimate of drug-likeness (QED) is 0.826. The third-order valence-corrected chi connectivity index (χ3v) is 4.81. The Morgan fingerprint density at radius 1 is 1.13 bits per heavy atom. The summed E-state index contributed by atoms with van der Waals surface area (Å²) in [4.78, 5) is 0.265. The number of anilines is 1. The summed E-state index contributed by atoms with van der Waals surface area (Å²) in [6, 6.07) is 12.1. The summed E-state index contributed by atoms with van der Waals surface area (Å²) in [5.74, 6) is 0.690. The summed E-state index contributed by atoms with van der Waals surface area (Å²) < 4.78 is 38.1. The van der Waals surface area contributed by atoms with E-state index in [1.165, 1.54) is 0 Å². The Kier molecular flexibility index (Phi) is 4.28. The number of hydrogen-bond acceptors (Lipinski definition) is 4. The molecular weight excluding hydrogens is 314 g/mol. The molecule has 1 fully saturated rings. The third kappa shape index (κ3) is 4.24. The summed E-state index contributed by atoms with van der Waals surface area (Å²) >= 11 is 0. The van der Waals surface area contributed by atoms with Crippen molar-refractivity contribution in [3.63, 3.8) is 0 Å². The SMILES string of the molecule is Cc1cc(C)cc(S(=O)(=O)Nc2ccc(OCC3CO3)cc2)c1. The molecule has 0 amide bonds. The van der Waals surface area contributed by atoms with E-state index in [2.05, 4.69) is 4.72 Å². The number of aryl methyl sites for hydroxylation is 2. The predicted molar refractivity (Wildman–Crippen MR) is 88.4 cm³/mol. The molecule has 3 rings (SSSR count). The van der Waals surface area contributed by atoms with E-state index in [0.717, 1.165) is 17.7 Å². The van der Waals surface area contributed by atoms with Gasteiger partial charge in [0.05, 0.1) is 11.5 Å². The monoisotopic (exact) mass is 333 g/mol. The maximum atomic E-state index is 12.5. The van der Waals surface area contributed by atoms with Gasteiger partial charge < -0.3 is 9.47 Å². The minimum Gasteiger partial charge on any atom is -0.491 e. The van der Waals surface area contributed by atoms with Gasteiger partial charge in [0.25, 0.3) is 10.0 Å². The van der Waals surface area contributed by atoms with Crippen molar-refractivity contribution in [3.05, 3.63) is 53.6 Å². The summed E-state index contributed by atoms with van der Waals surface area (Å²) in [7, 11) is -3.60. The molecule has 1 N–H and O–H groups in total. The Morgan fingerprint density at radius 2 is 1.74 bits per heavy atom. The van der Waals surface area contributed by atoms with Gasteiger partial charge in [-0.05, 0) is 61.4 Å². The van der Waals surface area contributed by atoms with Gasteiger partial charge in [-0.1, -0.05) is 6.07 Å². The van der Waals surface area contributed by atoms with Crippen LogP contribution in [0.2, 0.25) is 0 Å². The minimum atomic E-state index is -3.60. The second-order valence-electron chi connectivity index (χ2n) is 5.72. The highest BCUT2D eigenvalue weighted by atomic mass is 32.2. The van der Waals surface area contributed by atoms with Gasteiger partial charge in [-0.25, -0.2) is 8.42 Å². The lowest BCUT2D eigenvalue weighted by Gasteiger charge is -2.10. The van der Waals surface area contributed by atoms with E-state index in [0.29, 0.717) is 18.0 Å². The van der Waals surface area contributed by atoms with Crippen LogP contribution in [-0.4, -0.2) is 27.7 Å². The number of epoxide rings is 1. The van der Waals surface area contributed by atoms with Crippen molar-refractivity contribution in [2.75, 3.05) is 17.9 Å². The zero-order chi connectivity index (χ0) is 16.4. The van der Waals surface area contributed by atoms with E-state index in [1.54, 1.807) is 36.4 Å². The summed E-state index contributed by atoms with van der Waals surface area (Å²) in [6.45, 7) is 5.02. The highest BCUT2D eigenvalue weighted by Gasteiger charge is 2.23. The number of rotatable bonds is 6. The number of nitrogens with one attached hydrogen (secondary N) is 1. The van der Waals surface area contributed by atoms with Crippen LogP contribution in [0.5, 0.6) is 5.75 Å². The predicted octanol–water partition coefficient (Wildman–Crippen LogP) is 2.88. The van der Waals surface area contributed by atoms with Crippen molar-refractivity contribution in [2.24, 2.45) is 0 Å². The van der Waals surface area contributed by atoms with Crippen LogP contribution in [0, 0.1) is 13.8 Å².